The third kappa shape index (κ3) is 2.39. The molecule has 1 heterocycles. The van der Waals surface area contributed by atoms with E-state index in [1.807, 2.05) is 0 Å². The summed E-state index contributed by atoms with van der Waals surface area (Å²) in [6, 6.07) is 4.53. The number of nitrogens with one attached hydrogen (secondary N) is 2. The first-order chi connectivity index (χ1) is 9.04. The second-order valence-electron chi connectivity index (χ2n) is 3.82. The van der Waals surface area contributed by atoms with Crippen molar-refractivity contribution in [2.45, 2.75) is 6.23 Å². The second kappa shape index (κ2) is 5.04. The molecule has 0 bridgehead atoms. The van der Waals surface area contributed by atoms with E-state index in [2.05, 4.69) is 15.8 Å². The number of carboxylic acids is 1. The van der Waals surface area contributed by atoms with E-state index < -0.39 is 18.1 Å². The molecular formula is C11H12N4O4. The highest BCUT2D eigenvalue weighted by Gasteiger charge is 2.30. The Labute approximate surface area is 107 Å². The Kier molecular flexibility index (Phi) is 3.45. The van der Waals surface area contributed by atoms with Crippen LogP contribution in [0, 0.1) is 0 Å². The summed E-state index contributed by atoms with van der Waals surface area (Å²) < 4.78 is 0. The van der Waals surface area contributed by atoms with Crippen molar-refractivity contribution >= 4 is 23.3 Å². The molecule has 6 N–H and O–H groups in total. The zero-order valence-corrected chi connectivity index (χ0v) is 9.75. The number of carbonyl (C=O) groups is 2. The summed E-state index contributed by atoms with van der Waals surface area (Å²) in [6.45, 7) is -0.234. The van der Waals surface area contributed by atoms with E-state index in [-0.39, 0.29) is 23.5 Å². The molecule has 0 radical (unpaired) electrons. The van der Waals surface area contributed by atoms with Gasteiger partial charge in [0.25, 0.3) is 5.91 Å². The third-order valence-corrected chi connectivity index (χ3v) is 2.60. The molecular weight excluding hydrogens is 252 g/mol. The highest BCUT2D eigenvalue weighted by atomic mass is 16.4. The van der Waals surface area contributed by atoms with Crippen LogP contribution >= 0.6 is 0 Å². The van der Waals surface area contributed by atoms with E-state index in [1.165, 1.54) is 12.1 Å². The monoisotopic (exact) mass is 264 g/mol. The van der Waals surface area contributed by atoms with E-state index >= 15 is 0 Å². The van der Waals surface area contributed by atoms with E-state index in [9.17, 15) is 14.7 Å². The van der Waals surface area contributed by atoms with E-state index in [0.29, 0.717) is 5.56 Å². The molecule has 0 spiro atoms. The van der Waals surface area contributed by atoms with Crippen LogP contribution in [0.4, 0.5) is 5.69 Å². The fourth-order valence-electron chi connectivity index (χ4n) is 1.74. The Morgan fingerprint density at radius 2 is 2.21 bits per heavy atom. The smallest absolute Gasteiger partial charge is 0.337 e. The van der Waals surface area contributed by atoms with E-state index in [4.69, 9.17) is 10.8 Å². The number of amides is 1. The van der Waals surface area contributed by atoms with Gasteiger partial charge in [0.15, 0.2) is 6.23 Å². The maximum Gasteiger partial charge on any atom is 0.337 e. The van der Waals surface area contributed by atoms with Crippen LogP contribution < -0.4 is 16.5 Å². The summed E-state index contributed by atoms with van der Waals surface area (Å²) in [5.74, 6) is -1.63. The number of fused-ring (bicyclic) bond motifs is 1. The highest BCUT2D eigenvalue weighted by molar-refractivity contribution is 6.16. The topological polar surface area (TPSA) is 137 Å². The zero-order valence-electron chi connectivity index (χ0n) is 9.75. The summed E-state index contributed by atoms with van der Waals surface area (Å²) >= 11 is 0. The van der Waals surface area contributed by atoms with Crippen molar-refractivity contribution in [2.24, 2.45) is 10.8 Å². The lowest BCUT2D eigenvalue weighted by Gasteiger charge is -2.04. The molecule has 1 aromatic rings. The number of aliphatic hydroxyl groups is 1. The first-order valence-electron chi connectivity index (χ1n) is 5.42. The van der Waals surface area contributed by atoms with Crippen LogP contribution in [0.3, 0.4) is 0 Å². The van der Waals surface area contributed by atoms with Gasteiger partial charge >= 0.3 is 5.97 Å². The maximum absolute atomic E-state index is 11.0. The molecule has 1 aliphatic heterocycles. The minimum absolute atomic E-state index is 0.0203. The first-order valence-corrected chi connectivity index (χ1v) is 5.42. The van der Waals surface area contributed by atoms with Gasteiger partial charge in [-0.2, -0.15) is 5.10 Å². The van der Waals surface area contributed by atoms with Crippen molar-refractivity contribution in [3.63, 3.8) is 0 Å². The van der Waals surface area contributed by atoms with Gasteiger partial charge in [0.1, 0.15) is 5.71 Å². The Morgan fingerprint density at radius 3 is 2.84 bits per heavy atom. The quantitative estimate of drug-likeness (QED) is 0.440. The van der Waals surface area contributed by atoms with Crippen molar-refractivity contribution in [1.29, 1.82) is 0 Å². The molecule has 0 aliphatic carbocycles. The fraction of sp³-hybridized carbons (Fsp3) is 0.182. The molecule has 19 heavy (non-hydrogen) atoms. The van der Waals surface area contributed by atoms with Crippen LogP contribution in [0.5, 0.6) is 0 Å². The molecule has 0 saturated carbocycles. The number of carbonyl (C=O) groups excluding carboxylic acids is 1. The number of hydrogen-bond donors (Lipinski definition) is 5. The van der Waals surface area contributed by atoms with Gasteiger partial charge in [0.2, 0.25) is 0 Å². The minimum atomic E-state index is -1.19. The van der Waals surface area contributed by atoms with E-state index in [1.54, 1.807) is 6.07 Å². The molecule has 1 atom stereocenters. The Balaban J connectivity index is 2.39. The summed E-state index contributed by atoms with van der Waals surface area (Å²) in [6.07, 6.45) is -1.19. The predicted molar refractivity (Wildman–Crippen MR) is 66.8 cm³/mol. The lowest BCUT2D eigenvalue weighted by atomic mass is 10.1. The summed E-state index contributed by atoms with van der Waals surface area (Å²) in [4.78, 5) is 22.1. The number of nitrogens with two attached hydrogens (primary N) is 1. The summed E-state index contributed by atoms with van der Waals surface area (Å²) in [7, 11) is 0. The summed E-state index contributed by atoms with van der Waals surface area (Å²) in [5.41, 5.74) is 8.13. The number of carboxylic acid groups (broad SMARTS) is 1. The molecule has 8 nitrogen and oxygen atoms in total. The molecule has 0 saturated heterocycles. The number of hydrazone groups is 1. The molecule has 1 aliphatic rings. The number of para-hydroxylation sites is 1. The molecule has 1 amide bonds. The normalized spacial score (nSPS) is 18.8. The number of aliphatic hydroxyl groups excluding tert-OH is 1. The van der Waals surface area contributed by atoms with Gasteiger partial charge < -0.3 is 21.3 Å². The van der Waals surface area contributed by atoms with Gasteiger partial charge in [0.05, 0.1) is 17.8 Å². The largest absolute Gasteiger partial charge is 0.478 e. The third-order valence-electron chi connectivity index (χ3n) is 2.60. The lowest BCUT2D eigenvalue weighted by molar-refractivity contribution is -0.119. The number of benzene rings is 1. The van der Waals surface area contributed by atoms with Gasteiger partial charge in [-0.15, -0.1) is 0 Å². The molecule has 1 aromatic carbocycles. The summed E-state index contributed by atoms with van der Waals surface area (Å²) in [5, 5.41) is 25.2. The van der Waals surface area contributed by atoms with Crippen LogP contribution in [0.1, 0.15) is 15.9 Å². The Morgan fingerprint density at radius 1 is 1.47 bits per heavy atom. The van der Waals surface area contributed by atoms with Gasteiger partial charge in [-0.05, 0) is 6.07 Å². The average molecular weight is 264 g/mol. The molecule has 100 valence electrons. The second-order valence-corrected chi connectivity index (χ2v) is 3.82. The van der Waals surface area contributed by atoms with Crippen LogP contribution in [0.25, 0.3) is 0 Å². The number of nitrogens with zero attached hydrogens (tertiary/aromatic N) is 1. The fourth-order valence-corrected chi connectivity index (χ4v) is 1.74. The number of rotatable bonds is 3. The van der Waals surface area contributed by atoms with E-state index in [0.717, 1.165) is 0 Å². The number of hydrogen-bond acceptors (Lipinski definition) is 6. The van der Waals surface area contributed by atoms with Crippen molar-refractivity contribution in [3.05, 3.63) is 29.3 Å². The predicted octanol–water partition coefficient (Wildman–Crippen LogP) is -1.09. The standard InChI is InChI=1S/C11H12N4O4/c12-4-7(16)14-15-9-5-2-1-3-6(11(18)19)8(5)13-10(9)17/h1-3,10,13,17H,4,12H2,(H,14,16)(H,18,19)/b15-9+/t10-/m1/s1. The Hall–Kier alpha value is -2.45. The number of aromatic carboxylic acids is 1. The van der Waals surface area contributed by atoms with Crippen molar-refractivity contribution < 1.29 is 19.8 Å². The average Bonchev–Trinajstić information content (AvgIpc) is 2.71. The molecule has 0 aromatic heterocycles. The van der Waals surface area contributed by atoms with Crippen LogP contribution in [0.2, 0.25) is 0 Å². The van der Waals surface area contributed by atoms with Gasteiger partial charge in [-0.25, -0.2) is 10.2 Å². The van der Waals surface area contributed by atoms with Crippen LogP contribution in [-0.4, -0.2) is 40.6 Å². The van der Waals surface area contributed by atoms with Gasteiger partial charge in [-0.3, -0.25) is 4.79 Å². The SMILES string of the molecule is NCC(=O)N/N=C1\c2cccc(C(=O)O)c2N[C@@H]1O. The van der Waals surface area contributed by atoms with Gasteiger partial charge in [0, 0.05) is 5.56 Å². The highest BCUT2D eigenvalue weighted by Crippen LogP contribution is 2.29. The number of anilines is 1. The first kappa shape index (κ1) is 13.0. The van der Waals surface area contributed by atoms with Crippen molar-refractivity contribution in [2.75, 3.05) is 11.9 Å². The molecule has 0 fully saturated rings. The molecule has 0 unspecified atom stereocenters. The lowest BCUT2D eigenvalue weighted by Crippen LogP contribution is -2.30. The van der Waals surface area contributed by atoms with Crippen molar-refractivity contribution in [1.82, 2.24) is 5.43 Å². The Bertz CT molecular complexity index is 570. The molecule has 2 rings (SSSR count). The molecule has 8 heteroatoms. The maximum atomic E-state index is 11.0. The van der Waals surface area contributed by atoms with Crippen LogP contribution in [0.15, 0.2) is 23.3 Å². The zero-order chi connectivity index (χ0) is 14.0. The van der Waals surface area contributed by atoms with Gasteiger partial charge in [-0.1, -0.05) is 12.1 Å². The van der Waals surface area contributed by atoms with Crippen molar-refractivity contribution in [3.8, 4) is 0 Å². The van der Waals surface area contributed by atoms with Crippen LogP contribution in [-0.2, 0) is 4.79 Å². The minimum Gasteiger partial charge on any atom is -0.478 e.